The monoisotopic (exact) mass is 405 g/mol. The first-order chi connectivity index (χ1) is 14.5. The minimum atomic E-state index is -0.535. The number of aromatic amines is 2. The van der Waals surface area contributed by atoms with Gasteiger partial charge in [0.25, 0.3) is 5.91 Å². The van der Waals surface area contributed by atoms with E-state index in [2.05, 4.69) is 57.8 Å². The summed E-state index contributed by atoms with van der Waals surface area (Å²) in [4.78, 5) is 40.3. The van der Waals surface area contributed by atoms with E-state index in [0.717, 1.165) is 16.7 Å². The summed E-state index contributed by atoms with van der Waals surface area (Å²) >= 11 is 0. The predicted molar refractivity (Wildman–Crippen MR) is 112 cm³/mol. The van der Waals surface area contributed by atoms with Crippen molar-refractivity contribution in [2.24, 2.45) is 5.92 Å². The summed E-state index contributed by atoms with van der Waals surface area (Å²) in [5.74, 6) is -0.907. The Morgan fingerprint density at radius 1 is 1.13 bits per heavy atom. The highest BCUT2D eigenvalue weighted by Gasteiger charge is 2.29. The first-order valence-electron chi connectivity index (χ1n) is 9.87. The van der Waals surface area contributed by atoms with Crippen molar-refractivity contribution in [1.82, 2.24) is 25.4 Å². The number of carbonyl (C=O) groups is 2. The van der Waals surface area contributed by atoms with Crippen LogP contribution in [-0.4, -0.2) is 51.5 Å². The molecule has 2 aromatic carbocycles. The molecule has 0 saturated carbocycles. The highest BCUT2D eigenvalue weighted by molar-refractivity contribution is 5.91. The van der Waals surface area contributed by atoms with Gasteiger partial charge in [-0.25, -0.2) is 9.89 Å². The number of nitrogens with zero attached hydrogens (tertiary/aromatic N) is 2. The molecule has 1 fully saturated rings. The zero-order valence-electron chi connectivity index (χ0n) is 16.6. The van der Waals surface area contributed by atoms with E-state index >= 15 is 0 Å². The lowest BCUT2D eigenvalue weighted by Crippen LogP contribution is -2.38. The smallest absolute Gasteiger partial charge is 0.341 e. The van der Waals surface area contributed by atoms with Crippen LogP contribution in [0.25, 0.3) is 11.1 Å². The summed E-state index contributed by atoms with van der Waals surface area (Å²) in [5, 5.41) is 8.77. The van der Waals surface area contributed by atoms with Gasteiger partial charge < -0.3 is 10.2 Å². The molecular weight excluding hydrogens is 382 g/mol. The largest absolute Gasteiger partial charge is 0.354 e. The number of amides is 2. The molecule has 2 amide bonds. The molecule has 3 aromatic rings. The molecule has 0 unspecified atom stereocenters. The first kappa shape index (κ1) is 19.6. The van der Waals surface area contributed by atoms with Crippen molar-refractivity contribution in [2.75, 3.05) is 19.6 Å². The molecule has 0 bridgehead atoms. The molecule has 1 saturated heterocycles. The van der Waals surface area contributed by atoms with Gasteiger partial charge in [0.1, 0.15) is 0 Å². The fraction of sp³-hybridized carbons (Fsp3) is 0.273. The highest BCUT2D eigenvalue weighted by atomic mass is 16.2. The van der Waals surface area contributed by atoms with Gasteiger partial charge in [-0.05, 0) is 30.0 Å². The van der Waals surface area contributed by atoms with Crippen LogP contribution >= 0.6 is 0 Å². The molecule has 30 heavy (non-hydrogen) atoms. The third kappa shape index (κ3) is 4.32. The fourth-order valence-corrected chi connectivity index (χ4v) is 3.70. The van der Waals surface area contributed by atoms with Gasteiger partial charge in [-0.15, -0.1) is 5.10 Å². The Hall–Kier alpha value is -3.68. The van der Waals surface area contributed by atoms with Gasteiger partial charge in [0.2, 0.25) is 11.7 Å². The van der Waals surface area contributed by atoms with Gasteiger partial charge in [-0.2, -0.15) is 0 Å². The molecule has 0 spiro atoms. The molecule has 1 aliphatic rings. The normalized spacial score (nSPS) is 16.8. The van der Waals surface area contributed by atoms with Crippen LogP contribution in [0, 0.1) is 12.8 Å². The van der Waals surface area contributed by atoms with Gasteiger partial charge in [0.05, 0.1) is 5.92 Å². The summed E-state index contributed by atoms with van der Waals surface area (Å²) in [6, 6.07) is 16.5. The van der Waals surface area contributed by atoms with Crippen LogP contribution in [0.15, 0.2) is 53.3 Å². The minimum Gasteiger partial charge on any atom is -0.354 e. The highest BCUT2D eigenvalue weighted by Crippen LogP contribution is 2.22. The van der Waals surface area contributed by atoms with Gasteiger partial charge >= 0.3 is 5.69 Å². The third-order valence-electron chi connectivity index (χ3n) is 5.27. The zero-order chi connectivity index (χ0) is 21.1. The van der Waals surface area contributed by atoms with E-state index in [9.17, 15) is 14.4 Å². The van der Waals surface area contributed by atoms with Crippen LogP contribution in [0.5, 0.6) is 0 Å². The lowest BCUT2D eigenvalue weighted by Gasteiger charge is -2.22. The van der Waals surface area contributed by atoms with E-state index in [1.165, 1.54) is 5.56 Å². The maximum atomic E-state index is 12.6. The molecule has 0 radical (unpaired) electrons. The van der Waals surface area contributed by atoms with Crippen LogP contribution < -0.4 is 11.0 Å². The number of hydrogen-bond donors (Lipinski definition) is 3. The number of aryl methyl sites for hydroxylation is 1. The van der Waals surface area contributed by atoms with Gasteiger partial charge in [-0.3, -0.25) is 14.6 Å². The second kappa shape index (κ2) is 8.36. The van der Waals surface area contributed by atoms with Crippen LogP contribution in [0.1, 0.15) is 21.7 Å². The second-order valence-electron chi connectivity index (χ2n) is 7.54. The fourth-order valence-electron chi connectivity index (χ4n) is 3.70. The number of H-pyrrole nitrogens is 2. The van der Waals surface area contributed by atoms with E-state index < -0.39 is 11.6 Å². The van der Waals surface area contributed by atoms with Crippen LogP contribution in [-0.2, 0) is 11.2 Å². The maximum Gasteiger partial charge on any atom is 0.341 e. The molecule has 1 aliphatic heterocycles. The molecular formula is C22H23N5O3. The Morgan fingerprint density at radius 3 is 2.63 bits per heavy atom. The van der Waals surface area contributed by atoms with Crippen LogP contribution in [0.4, 0.5) is 0 Å². The molecule has 8 heteroatoms. The molecule has 0 aliphatic carbocycles. The minimum absolute atomic E-state index is 0.0457. The molecule has 4 rings (SSSR count). The molecule has 8 nitrogen and oxygen atoms in total. The topological polar surface area (TPSA) is 111 Å². The van der Waals surface area contributed by atoms with Crippen molar-refractivity contribution in [2.45, 2.75) is 13.3 Å². The summed E-state index contributed by atoms with van der Waals surface area (Å²) in [6.45, 7) is 3.05. The van der Waals surface area contributed by atoms with Crippen molar-refractivity contribution in [3.05, 3.63) is 76.0 Å². The molecule has 1 aromatic heterocycles. The number of rotatable bonds is 4. The molecule has 3 N–H and O–H groups in total. The Balaban J connectivity index is 1.48. The van der Waals surface area contributed by atoms with Crippen molar-refractivity contribution < 1.29 is 9.59 Å². The van der Waals surface area contributed by atoms with Gasteiger partial charge in [-0.1, -0.05) is 54.1 Å². The Labute approximate surface area is 173 Å². The number of carbonyl (C=O) groups excluding carboxylic acids is 2. The summed E-state index contributed by atoms with van der Waals surface area (Å²) < 4.78 is 0. The Morgan fingerprint density at radius 2 is 1.93 bits per heavy atom. The Kier molecular flexibility index (Phi) is 5.47. The number of aromatic nitrogens is 3. The predicted octanol–water partition coefficient (Wildman–Crippen LogP) is 1.50. The lowest BCUT2D eigenvalue weighted by atomic mass is 9.95. The quantitative estimate of drug-likeness (QED) is 0.611. The molecule has 154 valence electrons. The van der Waals surface area contributed by atoms with E-state index in [4.69, 9.17) is 0 Å². The SMILES string of the molecule is Cc1cccc(-c2ccc(C[C@@H]3CN(C(=O)c4n[nH]c(=O)[nH]4)CCNC3=O)cc2)c1. The van der Waals surface area contributed by atoms with Gasteiger partial charge in [0, 0.05) is 19.6 Å². The van der Waals surface area contributed by atoms with Crippen molar-refractivity contribution in [3.63, 3.8) is 0 Å². The van der Waals surface area contributed by atoms with E-state index in [0.29, 0.717) is 19.5 Å². The molecule has 1 atom stereocenters. The summed E-state index contributed by atoms with van der Waals surface area (Å²) in [7, 11) is 0. The van der Waals surface area contributed by atoms with Crippen molar-refractivity contribution >= 4 is 11.8 Å². The zero-order valence-corrected chi connectivity index (χ0v) is 16.6. The van der Waals surface area contributed by atoms with Crippen molar-refractivity contribution in [1.29, 1.82) is 0 Å². The average molecular weight is 405 g/mol. The van der Waals surface area contributed by atoms with Crippen LogP contribution in [0.2, 0.25) is 0 Å². The van der Waals surface area contributed by atoms with E-state index in [-0.39, 0.29) is 24.2 Å². The van der Waals surface area contributed by atoms with E-state index in [1.54, 1.807) is 4.90 Å². The van der Waals surface area contributed by atoms with Gasteiger partial charge in [0.15, 0.2) is 0 Å². The lowest BCUT2D eigenvalue weighted by molar-refractivity contribution is -0.124. The average Bonchev–Trinajstić information content (AvgIpc) is 3.10. The third-order valence-corrected chi connectivity index (χ3v) is 5.27. The summed E-state index contributed by atoms with van der Waals surface area (Å²) in [5.41, 5.74) is 3.96. The maximum absolute atomic E-state index is 12.6. The van der Waals surface area contributed by atoms with Crippen LogP contribution in [0.3, 0.4) is 0 Å². The van der Waals surface area contributed by atoms with Crippen molar-refractivity contribution in [3.8, 4) is 11.1 Å². The standard InChI is InChI=1S/C22H23N5O3/c1-14-3-2-4-17(11-14)16-7-5-15(6-8-16)12-18-13-27(10-9-23-20(18)28)21(29)19-24-22(30)26-25-19/h2-8,11,18H,9-10,12-13H2,1H3,(H,23,28)(H2,24,25,26,30)/t18-/m1/s1. The number of benzene rings is 2. The van der Waals surface area contributed by atoms with E-state index in [1.807, 2.05) is 18.2 Å². The molecule has 2 heterocycles. The Bertz CT molecular complexity index is 1120. The first-order valence-corrected chi connectivity index (χ1v) is 9.87. The number of hydrogen-bond acceptors (Lipinski definition) is 4. The number of nitrogens with one attached hydrogen (secondary N) is 3. The summed E-state index contributed by atoms with van der Waals surface area (Å²) in [6.07, 6.45) is 0.515. The second-order valence-corrected chi connectivity index (χ2v) is 7.54.